The van der Waals surface area contributed by atoms with Gasteiger partial charge in [-0.3, -0.25) is 25.2 Å². The largest absolute Gasteiger partial charge is 0.296 e. The van der Waals surface area contributed by atoms with Crippen molar-refractivity contribution in [3.63, 3.8) is 0 Å². The van der Waals surface area contributed by atoms with Crippen molar-refractivity contribution in [1.29, 1.82) is 0 Å². The number of fused-ring (bicyclic) bond motifs is 1. The Kier molecular flexibility index (Phi) is 5.52. The lowest BCUT2D eigenvalue weighted by molar-refractivity contribution is -0.385. The zero-order chi connectivity index (χ0) is 22.2. The number of nitrogens with zero attached hydrogens (tertiary/aromatic N) is 4. The molecule has 1 aromatic carbocycles. The fourth-order valence-electron chi connectivity index (χ4n) is 3.21. The van der Waals surface area contributed by atoms with Crippen LogP contribution in [-0.2, 0) is 23.0 Å². The number of anilines is 1. The number of rotatable bonds is 5. The molecular weight excluding hydrogens is 442 g/mol. The molecule has 0 aliphatic carbocycles. The number of aryl methyl sites for hydroxylation is 1. The van der Waals surface area contributed by atoms with E-state index < -0.39 is 20.9 Å². The first-order valence-corrected chi connectivity index (χ1v) is 11.5. The van der Waals surface area contributed by atoms with E-state index in [-0.39, 0.29) is 29.4 Å². The number of non-ortho nitro benzene ring substituents is 1. The fourth-order valence-corrected chi connectivity index (χ4v) is 5.96. The lowest BCUT2D eigenvalue weighted by atomic mass is 10.2. The summed E-state index contributed by atoms with van der Waals surface area (Å²) in [4.78, 5) is 31.8. The zero-order valence-corrected chi connectivity index (χ0v) is 17.9. The standard InChI is InChI=1S/C19H17N5O5S2/c1-12-5-6-13(24(26)27)10-17(12)31(28,29)23-9-7-14-16(11-23)30-19(21-14)22-18(25)15-4-2-3-8-20-15/h2-6,8,10H,7,9,11H2,1H3,(H,21,22,25). The molecule has 3 heterocycles. The minimum atomic E-state index is -3.94. The molecule has 4 rings (SSSR count). The van der Waals surface area contributed by atoms with Gasteiger partial charge in [0.2, 0.25) is 10.0 Å². The number of sulfonamides is 1. The van der Waals surface area contributed by atoms with Gasteiger partial charge in [0.1, 0.15) is 5.69 Å². The second kappa shape index (κ2) is 8.13. The van der Waals surface area contributed by atoms with E-state index in [9.17, 15) is 23.3 Å². The summed E-state index contributed by atoms with van der Waals surface area (Å²) in [7, 11) is -3.94. The van der Waals surface area contributed by atoms with Gasteiger partial charge in [-0.15, -0.1) is 11.3 Å². The molecule has 12 heteroatoms. The van der Waals surface area contributed by atoms with Crippen LogP contribution in [0.25, 0.3) is 0 Å². The molecule has 1 aliphatic heterocycles. The Bertz CT molecular complexity index is 1270. The van der Waals surface area contributed by atoms with Crippen LogP contribution in [0.3, 0.4) is 0 Å². The maximum Gasteiger partial charge on any atom is 0.276 e. The van der Waals surface area contributed by atoms with Gasteiger partial charge < -0.3 is 0 Å². The number of hydrogen-bond acceptors (Lipinski definition) is 8. The quantitative estimate of drug-likeness (QED) is 0.458. The Hall–Kier alpha value is -3.22. The van der Waals surface area contributed by atoms with E-state index in [1.807, 2.05) is 0 Å². The molecular formula is C19H17N5O5S2. The highest BCUT2D eigenvalue weighted by Gasteiger charge is 2.32. The van der Waals surface area contributed by atoms with Crippen molar-refractivity contribution in [3.8, 4) is 0 Å². The van der Waals surface area contributed by atoms with Gasteiger partial charge in [0, 0.05) is 36.2 Å². The van der Waals surface area contributed by atoms with E-state index in [2.05, 4.69) is 15.3 Å². The van der Waals surface area contributed by atoms with Crippen LogP contribution in [0.15, 0.2) is 47.5 Å². The molecule has 160 valence electrons. The van der Waals surface area contributed by atoms with Crippen molar-refractivity contribution in [2.24, 2.45) is 0 Å². The van der Waals surface area contributed by atoms with Crippen LogP contribution in [0.1, 0.15) is 26.6 Å². The van der Waals surface area contributed by atoms with Gasteiger partial charge in [-0.25, -0.2) is 13.4 Å². The second-order valence-corrected chi connectivity index (χ2v) is 9.84. The van der Waals surface area contributed by atoms with E-state index in [0.717, 1.165) is 11.8 Å². The van der Waals surface area contributed by atoms with Gasteiger partial charge in [0.15, 0.2) is 5.13 Å². The summed E-state index contributed by atoms with van der Waals surface area (Å²) in [6.45, 7) is 1.87. The molecule has 0 spiro atoms. The number of benzene rings is 1. The minimum Gasteiger partial charge on any atom is -0.296 e. The monoisotopic (exact) mass is 459 g/mol. The third-order valence-corrected chi connectivity index (χ3v) is 7.80. The molecule has 0 radical (unpaired) electrons. The lowest BCUT2D eigenvalue weighted by Gasteiger charge is -2.25. The highest BCUT2D eigenvalue weighted by atomic mass is 32.2. The summed E-state index contributed by atoms with van der Waals surface area (Å²) in [6.07, 6.45) is 1.89. The second-order valence-electron chi connectivity index (χ2n) is 6.85. The molecule has 10 nitrogen and oxygen atoms in total. The van der Waals surface area contributed by atoms with Crippen molar-refractivity contribution in [2.45, 2.75) is 24.8 Å². The highest BCUT2D eigenvalue weighted by molar-refractivity contribution is 7.89. The van der Waals surface area contributed by atoms with Crippen LogP contribution < -0.4 is 5.32 Å². The number of aromatic nitrogens is 2. The molecule has 0 bridgehead atoms. The number of carbonyl (C=O) groups is 1. The Labute approximate surface area is 181 Å². The number of pyridine rings is 1. The fraction of sp³-hybridized carbons (Fsp3) is 0.211. The van der Waals surface area contributed by atoms with Crippen molar-refractivity contribution < 1.29 is 18.1 Å². The van der Waals surface area contributed by atoms with E-state index in [1.165, 1.54) is 34.0 Å². The van der Waals surface area contributed by atoms with Crippen LogP contribution in [-0.4, -0.2) is 40.1 Å². The number of carbonyl (C=O) groups excluding carboxylic acids is 1. The van der Waals surface area contributed by atoms with Crippen molar-refractivity contribution >= 4 is 38.1 Å². The van der Waals surface area contributed by atoms with Crippen LogP contribution in [0, 0.1) is 17.0 Å². The van der Waals surface area contributed by atoms with Gasteiger partial charge in [0.05, 0.1) is 22.1 Å². The average molecular weight is 460 g/mol. The molecule has 1 N–H and O–H groups in total. The number of amides is 1. The molecule has 3 aromatic rings. The molecule has 0 saturated heterocycles. The van der Waals surface area contributed by atoms with Crippen LogP contribution in [0.5, 0.6) is 0 Å². The molecule has 0 unspecified atom stereocenters. The number of hydrogen-bond donors (Lipinski definition) is 1. The van der Waals surface area contributed by atoms with Crippen LogP contribution in [0.4, 0.5) is 10.8 Å². The maximum absolute atomic E-state index is 13.2. The van der Waals surface area contributed by atoms with E-state index >= 15 is 0 Å². The SMILES string of the molecule is Cc1ccc([N+](=O)[O-])cc1S(=O)(=O)N1CCc2nc(NC(=O)c3ccccn3)sc2C1. The smallest absolute Gasteiger partial charge is 0.276 e. The Morgan fingerprint density at radius 2 is 2.10 bits per heavy atom. The Balaban J connectivity index is 1.56. The third kappa shape index (κ3) is 4.17. The molecule has 1 amide bonds. The summed E-state index contributed by atoms with van der Waals surface area (Å²) in [5, 5.41) is 14.1. The predicted octanol–water partition coefficient (Wildman–Crippen LogP) is 2.75. The first-order valence-electron chi connectivity index (χ1n) is 9.22. The average Bonchev–Trinajstić information content (AvgIpc) is 3.15. The van der Waals surface area contributed by atoms with E-state index in [0.29, 0.717) is 22.0 Å². The van der Waals surface area contributed by atoms with Gasteiger partial charge in [-0.2, -0.15) is 4.31 Å². The molecule has 0 atom stereocenters. The van der Waals surface area contributed by atoms with Gasteiger partial charge in [-0.1, -0.05) is 12.1 Å². The molecule has 2 aromatic heterocycles. The van der Waals surface area contributed by atoms with Crippen LogP contribution in [0.2, 0.25) is 0 Å². The van der Waals surface area contributed by atoms with E-state index in [4.69, 9.17) is 0 Å². The molecule has 0 fully saturated rings. The first-order chi connectivity index (χ1) is 14.8. The first kappa shape index (κ1) is 21.0. The van der Waals surface area contributed by atoms with Crippen molar-refractivity contribution in [1.82, 2.24) is 14.3 Å². The third-order valence-electron chi connectivity index (χ3n) is 4.81. The highest BCUT2D eigenvalue weighted by Crippen LogP contribution is 2.32. The minimum absolute atomic E-state index is 0.0803. The Morgan fingerprint density at radius 1 is 1.29 bits per heavy atom. The number of thiazole rings is 1. The number of nitro groups is 1. The molecule has 0 saturated carbocycles. The number of nitrogens with one attached hydrogen (secondary N) is 1. The normalized spacial score (nSPS) is 14.1. The zero-order valence-electron chi connectivity index (χ0n) is 16.3. The van der Waals surface area contributed by atoms with Crippen LogP contribution >= 0.6 is 11.3 Å². The molecule has 31 heavy (non-hydrogen) atoms. The van der Waals surface area contributed by atoms with Gasteiger partial charge in [0.25, 0.3) is 11.6 Å². The van der Waals surface area contributed by atoms with Gasteiger partial charge >= 0.3 is 0 Å². The maximum atomic E-state index is 13.2. The summed E-state index contributed by atoms with van der Waals surface area (Å²) < 4.78 is 27.6. The summed E-state index contributed by atoms with van der Waals surface area (Å²) in [6, 6.07) is 8.79. The van der Waals surface area contributed by atoms with Crippen molar-refractivity contribution in [3.05, 3.63) is 74.5 Å². The topological polar surface area (TPSA) is 135 Å². The predicted molar refractivity (Wildman–Crippen MR) is 113 cm³/mol. The molecule has 1 aliphatic rings. The lowest BCUT2D eigenvalue weighted by Crippen LogP contribution is -2.35. The van der Waals surface area contributed by atoms with Gasteiger partial charge in [-0.05, 0) is 24.6 Å². The summed E-state index contributed by atoms with van der Waals surface area (Å²) in [5.41, 5.74) is 1.13. The summed E-state index contributed by atoms with van der Waals surface area (Å²) >= 11 is 1.20. The number of nitro benzene ring substituents is 1. The Morgan fingerprint density at radius 3 is 2.81 bits per heavy atom. The van der Waals surface area contributed by atoms with E-state index in [1.54, 1.807) is 25.1 Å². The summed E-state index contributed by atoms with van der Waals surface area (Å²) in [5.74, 6) is -0.400. The van der Waals surface area contributed by atoms with Crippen molar-refractivity contribution in [2.75, 3.05) is 11.9 Å².